The maximum absolute atomic E-state index is 8.58. The second kappa shape index (κ2) is 34.1. The van der Waals surface area contributed by atoms with Crippen molar-refractivity contribution < 1.29 is 24.1 Å². The van der Waals surface area contributed by atoms with Gasteiger partial charge in [0.15, 0.2) is 0 Å². The van der Waals surface area contributed by atoms with Gasteiger partial charge in [0.2, 0.25) is 0 Å². The van der Waals surface area contributed by atoms with Crippen molar-refractivity contribution in [3.05, 3.63) is 0 Å². The molecule has 212 valence electrons. The van der Waals surface area contributed by atoms with Gasteiger partial charge in [0.1, 0.15) is 0 Å². The molecule has 0 aromatic rings. The number of thiol groups is 1. The van der Waals surface area contributed by atoms with Crippen molar-refractivity contribution in [2.45, 2.75) is 122 Å². The van der Waals surface area contributed by atoms with Gasteiger partial charge in [0, 0.05) is 6.61 Å². The fraction of sp³-hybridized carbons (Fsp3) is 1.00. The summed E-state index contributed by atoms with van der Waals surface area (Å²) in [6.07, 6.45) is 26.5. The predicted octanol–water partition coefficient (Wildman–Crippen LogP) is 7.39. The van der Waals surface area contributed by atoms with E-state index in [0.717, 1.165) is 18.8 Å². The van der Waals surface area contributed by atoms with Crippen LogP contribution < -0.4 is 0 Å². The van der Waals surface area contributed by atoms with Crippen molar-refractivity contribution in [2.24, 2.45) is 0 Å². The van der Waals surface area contributed by atoms with E-state index < -0.39 is 0 Å². The first-order chi connectivity index (χ1) is 17.4. The number of ether oxygens (including phenoxy) is 4. The maximum atomic E-state index is 8.58. The Labute approximate surface area is 223 Å². The van der Waals surface area contributed by atoms with Crippen LogP contribution in [0.25, 0.3) is 0 Å². The average Bonchev–Trinajstić information content (AvgIpc) is 2.87. The van der Waals surface area contributed by atoms with Gasteiger partial charge in [-0.25, -0.2) is 0 Å². The third-order valence-corrected chi connectivity index (χ3v) is 6.61. The Hall–Kier alpha value is 0.150. The Morgan fingerprint density at radius 2 is 0.571 bits per heavy atom. The first-order valence-corrected chi connectivity index (χ1v) is 15.6. The SMILES string of the molecule is OCCOCCOCCOCCOCCCCCCCCCCCCCCCCCCCCCS. The molecule has 1 N–H and O–H groups in total. The highest BCUT2D eigenvalue weighted by molar-refractivity contribution is 7.80. The van der Waals surface area contributed by atoms with E-state index in [0.29, 0.717) is 46.2 Å². The Morgan fingerprint density at radius 3 is 0.886 bits per heavy atom. The molecule has 0 rings (SSSR count). The van der Waals surface area contributed by atoms with Gasteiger partial charge in [-0.2, -0.15) is 12.6 Å². The van der Waals surface area contributed by atoms with Crippen LogP contribution in [0.4, 0.5) is 0 Å². The summed E-state index contributed by atoms with van der Waals surface area (Å²) in [4.78, 5) is 0. The van der Waals surface area contributed by atoms with Gasteiger partial charge >= 0.3 is 0 Å². The smallest absolute Gasteiger partial charge is 0.0701 e. The summed E-state index contributed by atoms with van der Waals surface area (Å²) in [5.74, 6) is 1.05. The van der Waals surface area contributed by atoms with E-state index in [4.69, 9.17) is 24.1 Å². The molecule has 0 atom stereocenters. The van der Waals surface area contributed by atoms with E-state index in [1.165, 1.54) is 116 Å². The van der Waals surface area contributed by atoms with Gasteiger partial charge in [-0.05, 0) is 18.6 Å². The lowest BCUT2D eigenvalue weighted by atomic mass is 10.0. The highest BCUT2D eigenvalue weighted by atomic mass is 32.1. The predicted molar refractivity (Wildman–Crippen MR) is 152 cm³/mol. The quantitative estimate of drug-likeness (QED) is 0.0715. The molecule has 0 fully saturated rings. The molecule has 0 aliphatic carbocycles. The molecule has 6 heteroatoms. The van der Waals surface area contributed by atoms with Crippen molar-refractivity contribution >= 4 is 12.6 Å². The lowest BCUT2D eigenvalue weighted by Crippen LogP contribution is -2.12. The maximum Gasteiger partial charge on any atom is 0.0701 e. The van der Waals surface area contributed by atoms with Crippen LogP contribution in [0.5, 0.6) is 0 Å². The Balaban J connectivity index is 3.00. The van der Waals surface area contributed by atoms with Crippen molar-refractivity contribution in [2.75, 3.05) is 65.2 Å². The van der Waals surface area contributed by atoms with E-state index in [-0.39, 0.29) is 6.61 Å². The minimum Gasteiger partial charge on any atom is -0.394 e. The highest BCUT2D eigenvalue weighted by Crippen LogP contribution is 2.14. The van der Waals surface area contributed by atoms with Gasteiger partial charge in [-0.1, -0.05) is 109 Å². The molecule has 0 saturated heterocycles. The van der Waals surface area contributed by atoms with E-state index in [1.54, 1.807) is 0 Å². The molecule has 0 aliphatic rings. The molecule has 0 heterocycles. The number of unbranched alkanes of at least 4 members (excludes halogenated alkanes) is 18. The van der Waals surface area contributed by atoms with E-state index in [1.807, 2.05) is 0 Å². The lowest BCUT2D eigenvalue weighted by molar-refractivity contribution is -0.00577. The molecule has 0 radical (unpaired) electrons. The summed E-state index contributed by atoms with van der Waals surface area (Å²) in [5, 5.41) is 8.58. The van der Waals surface area contributed by atoms with Crippen molar-refractivity contribution in [3.63, 3.8) is 0 Å². The number of hydrogen-bond acceptors (Lipinski definition) is 6. The molecule has 0 bridgehead atoms. The molecule has 0 aromatic carbocycles. The molecule has 35 heavy (non-hydrogen) atoms. The Bertz CT molecular complexity index is 328. The van der Waals surface area contributed by atoms with Gasteiger partial charge in [-0.15, -0.1) is 0 Å². The number of rotatable bonds is 32. The molecule has 0 aliphatic heterocycles. The molecule has 0 saturated carbocycles. The third kappa shape index (κ3) is 34.1. The summed E-state index contributed by atoms with van der Waals surface area (Å²) in [6.45, 7) is 4.77. The van der Waals surface area contributed by atoms with Crippen LogP contribution in [0.15, 0.2) is 0 Å². The van der Waals surface area contributed by atoms with Crippen LogP contribution in [0.1, 0.15) is 122 Å². The summed E-state index contributed by atoms with van der Waals surface area (Å²) in [6, 6.07) is 0. The molecular weight excluding hydrogens is 460 g/mol. The lowest BCUT2D eigenvalue weighted by Gasteiger charge is -2.07. The standard InChI is InChI=1S/C29H60O5S/c30-20-22-32-24-26-34-28-27-33-25-23-31-21-18-16-14-12-10-8-6-4-2-1-3-5-7-9-11-13-15-17-19-29-35/h30,35H,1-29H2. The minimum absolute atomic E-state index is 0.0572. The zero-order chi connectivity index (χ0) is 25.3. The fourth-order valence-corrected chi connectivity index (χ4v) is 4.37. The van der Waals surface area contributed by atoms with Crippen molar-refractivity contribution in [1.29, 1.82) is 0 Å². The monoisotopic (exact) mass is 520 g/mol. The van der Waals surface area contributed by atoms with E-state index in [2.05, 4.69) is 12.6 Å². The summed E-state index contributed by atoms with van der Waals surface area (Å²) >= 11 is 4.27. The highest BCUT2D eigenvalue weighted by Gasteiger charge is 1.96. The molecule has 0 spiro atoms. The van der Waals surface area contributed by atoms with E-state index >= 15 is 0 Å². The fourth-order valence-electron chi connectivity index (χ4n) is 4.15. The first-order valence-electron chi connectivity index (χ1n) is 14.9. The van der Waals surface area contributed by atoms with Gasteiger partial charge in [0.25, 0.3) is 0 Å². The first kappa shape index (κ1) is 35.2. The Kier molecular flexibility index (Phi) is 34.3. The molecule has 0 unspecified atom stereocenters. The summed E-state index contributed by atoms with van der Waals surface area (Å²) < 4.78 is 21.6. The van der Waals surface area contributed by atoms with Crippen LogP contribution in [0.3, 0.4) is 0 Å². The molecular formula is C29H60O5S. The van der Waals surface area contributed by atoms with Gasteiger partial charge in [-0.3, -0.25) is 0 Å². The van der Waals surface area contributed by atoms with Crippen molar-refractivity contribution in [1.82, 2.24) is 0 Å². The topological polar surface area (TPSA) is 57.2 Å². The van der Waals surface area contributed by atoms with E-state index in [9.17, 15) is 0 Å². The van der Waals surface area contributed by atoms with Gasteiger partial charge in [0.05, 0.1) is 52.9 Å². The third-order valence-electron chi connectivity index (χ3n) is 6.30. The second-order valence-corrected chi connectivity index (χ2v) is 10.1. The van der Waals surface area contributed by atoms with Gasteiger partial charge < -0.3 is 24.1 Å². The normalized spacial score (nSPS) is 11.5. The largest absolute Gasteiger partial charge is 0.394 e. The van der Waals surface area contributed by atoms with Crippen LogP contribution in [0.2, 0.25) is 0 Å². The molecule has 0 amide bonds. The number of aliphatic hydroxyl groups excluding tert-OH is 1. The zero-order valence-corrected chi connectivity index (χ0v) is 23.9. The van der Waals surface area contributed by atoms with Crippen molar-refractivity contribution in [3.8, 4) is 0 Å². The zero-order valence-electron chi connectivity index (χ0n) is 23.0. The molecule has 5 nitrogen and oxygen atoms in total. The summed E-state index contributed by atoms with van der Waals surface area (Å²) in [7, 11) is 0. The van der Waals surface area contributed by atoms with Crippen LogP contribution in [0, 0.1) is 0 Å². The minimum atomic E-state index is 0.0572. The van der Waals surface area contributed by atoms with Crippen LogP contribution in [-0.4, -0.2) is 70.3 Å². The summed E-state index contributed by atoms with van der Waals surface area (Å²) in [5.41, 5.74) is 0. The number of hydrogen-bond donors (Lipinski definition) is 2. The van der Waals surface area contributed by atoms with Crippen LogP contribution >= 0.6 is 12.6 Å². The number of aliphatic hydroxyl groups is 1. The molecule has 0 aromatic heterocycles. The van der Waals surface area contributed by atoms with Crippen LogP contribution in [-0.2, 0) is 18.9 Å². The second-order valence-electron chi connectivity index (χ2n) is 9.61. The Morgan fingerprint density at radius 1 is 0.314 bits per heavy atom. The average molecular weight is 521 g/mol.